The summed E-state index contributed by atoms with van der Waals surface area (Å²) >= 11 is 1.10. The van der Waals surface area contributed by atoms with Crippen molar-refractivity contribution in [2.24, 2.45) is 0 Å². The van der Waals surface area contributed by atoms with E-state index in [2.05, 4.69) is 10.2 Å². The van der Waals surface area contributed by atoms with Crippen LogP contribution in [-0.4, -0.2) is 20.9 Å². The van der Waals surface area contributed by atoms with E-state index in [1.807, 2.05) is 0 Å². The molecule has 0 aliphatic heterocycles. The molecule has 2 aromatic rings. The van der Waals surface area contributed by atoms with Crippen LogP contribution in [0.5, 0.6) is 0 Å². The van der Waals surface area contributed by atoms with E-state index < -0.39 is 4.92 Å². The number of aryl methyl sites for hydroxylation is 1. The maximum atomic E-state index is 11.5. The Balaban J connectivity index is 2.39. The predicted molar refractivity (Wildman–Crippen MR) is 66.3 cm³/mol. The van der Waals surface area contributed by atoms with Crippen molar-refractivity contribution >= 4 is 23.2 Å². The highest BCUT2D eigenvalue weighted by Crippen LogP contribution is 2.31. The van der Waals surface area contributed by atoms with Crippen LogP contribution in [0.3, 0.4) is 0 Å². The van der Waals surface area contributed by atoms with Gasteiger partial charge in [-0.05, 0) is 24.8 Å². The molecular formula is C11H9N3O4S. The molecule has 0 fully saturated rings. The van der Waals surface area contributed by atoms with Crippen LogP contribution in [0.15, 0.2) is 32.7 Å². The first-order chi connectivity index (χ1) is 8.97. The molecule has 7 nitrogen and oxygen atoms in total. The molecule has 0 saturated heterocycles. The molecule has 0 atom stereocenters. The van der Waals surface area contributed by atoms with Crippen LogP contribution in [0, 0.1) is 17.0 Å². The van der Waals surface area contributed by atoms with Gasteiger partial charge in [0.05, 0.1) is 4.92 Å². The minimum atomic E-state index is -0.544. The summed E-state index contributed by atoms with van der Waals surface area (Å²) in [6.07, 6.45) is 0. The molecule has 0 N–H and O–H groups in total. The average Bonchev–Trinajstić information content (AvgIpc) is 2.74. The first-order valence-electron chi connectivity index (χ1n) is 5.24. The number of rotatable bonds is 4. The SMILES string of the molecule is CC(=O)c1cc([N+](=O)[O-])ccc1Sc1nnc(C)o1. The van der Waals surface area contributed by atoms with Crippen LogP contribution in [-0.2, 0) is 0 Å². The highest BCUT2D eigenvalue weighted by atomic mass is 32.2. The van der Waals surface area contributed by atoms with Crippen molar-refractivity contribution in [3.8, 4) is 0 Å². The number of carbonyl (C=O) groups excluding carboxylic acids is 1. The normalized spacial score (nSPS) is 10.4. The Bertz CT molecular complexity index is 653. The molecule has 19 heavy (non-hydrogen) atoms. The number of nitro groups is 1. The van der Waals surface area contributed by atoms with Crippen molar-refractivity contribution in [1.82, 2.24) is 10.2 Å². The van der Waals surface area contributed by atoms with E-state index in [9.17, 15) is 14.9 Å². The third-order valence-corrected chi connectivity index (χ3v) is 3.17. The van der Waals surface area contributed by atoms with E-state index in [-0.39, 0.29) is 22.3 Å². The number of aromatic nitrogens is 2. The van der Waals surface area contributed by atoms with Gasteiger partial charge in [0.2, 0.25) is 5.89 Å². The number of benzene rings is 1. The fourth-order valence-corrected chi connectivity index (χ4v) is 2.29. The van der Waals surface area contributed by atoms with Crippen molar-refractivity contribution in [2.75, 3.05) is 0 Å². The van der Waals surface area contributed by atoms with Gasteiger partial charge in [-0.1, -0.05) is 0 Å². The van der Waals surface area contributed by atoms with E-state index in [4.69, 9.17) is 4.42 Å². The summed E-state index contributed by atoms with van der Waals surface area (Å²) in [6, 6.07) is 4.07. The molecule has 2 rings (SSSR count). The summed E-state index contributed by atoms with van der Waals surface area (Å²) in [5, 5.41) is 18.5. The molecule has 98 valence electrons. The Kier molecular flexibility index (Phi) is 3.61. The quantitative estimate of drug-likeness (QED) is 0.481. The molecule has 0 amide bonds. The maximum absolute atomic E-state index is 11.5. The third-order valence-electron chi connectivity index (χ3n) is 2.26. The van der Waals surface area contributed by atoms with E-state index in [0.29, 0.717) is 10.8 Å². The summed E-state index contributed by atoms with van der Waals surface area (Å²) in [5.41, 5.74) is 0.131. The molecule has 0 aliphatic rings. The topological polar surface area (TPSA) is 99.1 Å². The third kappa shape index (κ3) is 2.97. The average molecular weight is 279 g/mol. The van der Waals surface area contributed by atoms with Crippen LogP contribution < -0.4 is 0 Å². The van der Waals surface area contributed by atoms with Crippen molar-refractivity contribution in [2.45, 2.75) is 24.0 Å². The monoisotopic (exact) mass is 279 g/mol. The van der Waals surface area contributed by atoms with Crippen molar-refractivity contribution < 1.29 is 14.1 Å². The second-order valence-electron chi connectivity index (χ2n) is 3.68. The molecular weight excluding hydrogens is 270 g/mol. The Morgan fingerprint density at radius 3 is 2.68 bits per heavy atom. The minimum absolute atomic E-state index is 0.128. The fraction of sp³-hybridized carbons (Fsp3) is 0.182. The lowest BCUT2D eigenvalue weighted by atomic mass is 10.1. The zero-order valence-corrected chi connectivity index (χ0v) is 10.9. The number of non-ortho nitro benzene ring substituents is 1. The Labute approximate surface area is 112 Å². The Morgan fingerprint density at radius 2 is 2.16 bits per heavy atom. The zero-order valence-electron chi connectivity index (χ0n) is 10.1. The van der Waals surface area contributed by atoms with Gasteiger partial charge in [0.25, 0.3) is 10.9 Å². The smallest absolute Gasteiger partial charge is 0.281 e. The molecule has 8 heteroatoms. The van der Waals surface area contributed by atoms with Gasteiger partial charge >= 0.3 is 0 Å². The summed E-state index contributed by atoms with van der Waals surface area (Å²) < 4.78 is 5.20. The minimum Gasteiger partial charge on any atom is -0.416 e. The second kappa shape index (κ2) is 5.19. The number of carbonyl (C=O) groups is 1. The van der Waals surface area contributed by atoms with Gasteiger partial charge in [-0.25, -0.2) is 0 Å². The summed E-state index contributed by atoms with van der Waals surface area (Å²) in [6.45, 7) is 3.00. The number of nitro benzene ring substituents is 1. The number of nitrogens with zero attached hydrogens (tertiary/aromatic N) is 3. The lowest BCUT2D eigenvalue weighted by Crippen LogP contribution is -1.98. The van der Waals surface area contributed by atoms with Gasteiger partial charge in [-0.2, -0.15) is 0 Å². The number of hydrogen-bond acceptors (Lipinski definition) is 7. The molecule has 1 heterocycles. The summed E-state index contributed by atoms with van der Waals surface area (Å²) in [7, 11) is 0. The van der Waals surface area contributed by atoms with Gasteiger partial charge in [0.15, 0.2) is 5.78 Å². The second-order valence-corrected chi connectivity index (χ2v) is 4.68. The highest BCUT2D eigenvalue weighted by Gasteiger charge is 2.16. The molecule has 0 unspecified atom stereocenters. The molecule has 0 aliphatic carbocycles. The number of Topliss-reactive ketones (excluding diaryl/α,β-unsaturated/α-hetero) is 1. The standard InChI is InChI=1S/C11H9N3O4S/c1-6(15)9-5-8(14(16)17)3-4-10(9)19-11-13-12-7(2)18-11/h3-5H,1-2H3. The van der Waals surface area contributed by atoms with Gasteiger partial charge in [-0.15, -0.1) is 10.2 Å². The Morgan fingerprint density at radius 1 is 1.42 bits per heavy atom. The number of hydrogen-bond donors (Lipinski definition) is 0. The highest BCUT2D eigenvalue weighted by molar-refractivity contribution is 7.99. The number of ketones is 1. The van der Waals surface area contributed by atoms with E-state index in [1.54, 1.807) is 6.92 Å². The first kappa shape index (κ1) is 13.2. The Hall–Kier alpha value is -2.22. The summed E-state index contributed by atoms with van der Waals surface area (Å²) in [5.74, 6) is 0.149. The van der Waals surface area contributed by atoms with Gasteiger partial charge in [0.1, 0.15) is 0 Å². The predicted octanol–water partition coefficient (Wildman–Crippen LogP) is 2.64. The van der Waals surface area contributed by atoms with Crippen LogP contribution >= 0.6 is 11.8 Å². The molecule has 1 aromatic carbocycles. The summed E-state index contributed by atoms with van der Waals surface area (Å²) in [4.78, 5) is 22.2. The van der Waals surface area contributed by atoms with Crippen LogP contribution in [0.1, 0.15) is 23.2 Å². The lowest BCUT2D eigenvalue weighted by Gasteiger charge is -2.03. The van der Waals surface area contributed by atoms with E-state index in [1.165, 1.54) is 25.1 Å². The van der Waals surface area contributed by atoms with Gasteiger partial charge in [0, 0.05) is 29.5 Å². The molecule has 0 saturated carbocycles. The van der Waals surface area contributed by atoms with E-state index >= 15 is 0 Å². The largest absolute Gasteiger partial charge is 0.416 e. The van der Waals surface area contributed by atoms with E-state index in [0.717, 1.165) is 11.8 Å². The van der Waals surface area contributed by atoms with Crippen LogP contribution in [0.25, 0.3) is 0 Å². The molecule has 0 bridgehead atoms. The van der Waals surface area contributed by atoms with Gasteiger partial charge < -0.3 is 4.42 Å². The lowest BCUT2D eigenvalue weighted by molar-refractivity contribution is -0.384. The van der Waals surface area contributed by atoms with Gasteiger partial charge in [-0.3, -0.25) is 14.9 Å². The van der Waals surface area contributed by atoms with Crippen molar-refractivity contribution in [3.63, 3.8) is 0 Å². The first-order valence-corrected chi connectivity index (χ1v) is 6.06. The molecule has 0 radical (unpaired) electrons. The molecule has 1 aromatic heterocycles. The zero-order chi connectivity index (χ0) is 14.0. The van der Waals surface area contributed by atoms with Crippen LogP contribution in [0.4, 0.5) is 5.69 Å². The maximum Gasteiger partial charge on any atom is 0.281 e. The molecule has 0 spiro atoms. The van der Waals surface area contributed by atoms with Crippen molar-refractivity contribution in [3.05, 3.63) is 39.8 Å². The van der Waals surface area contributed by atoms with Crippen LogP contribution in [0.2, 0.25) is 0 Å². The van der Waals surface area contributed by atoms with Crippen molar-refractivity contribution in [1.29, 1.82) is 0 Å². The fourth-order valence-electron chi connectivity index (χ4n) is 1.41.